The van der Waals surface area contributed by atoms with Crippen molar-refractivity contribution in [1.82, 2.24) is 20.3 Å². The predicted molar refractivity (Wildman–Crippen MR) is 131 cm³/mol. The van der Waals surface area contributed by atoms with Gasteiger partial charge in [-0.1, -0.05) is 18.2 Å². The molecule has 9 nitrogen and oxygen atoms in total. The molecule has 3 atom stereocenters. The first-order valence-corrected chi connectivity index (χ1v) is 12.2. The van der Waals surface area contributed by atoms with Gasteiger partial charge < -0.3 is 25.0 Å². The van der Waals surface area contributed by atoms with Crippen LogP contribution in [-0.2, 0) is 0 Å². The Balaban J connectivity index is 1.32. The number of aliphatic hydroxyl groups excluding tert-OH is 1. The van der Waals surface area contributed by atoms with E-state index in [0.717, 1.165) is 37.9 Å². The maximum Gasteiger partial charge on any atom is 0.319 e. The minimum Gasteiger partial charge on any atom is -0.463 e. The van der Waals surface area contributed by atoms with E-state index in [1.165, 1.54) is 10.9 Å². The van der Waals surface area contributed by atoms with Crippen LogP contribution in [0.3, 0.4) is 0 Å². The van der Waals surface area contributed by atoms with Gasteiger partial charge in [-0.3, -0.25) is 4.79 Å². The molecule has 1 aliphatic heterocycles. The number of aromatic amines is 1. The smallest absolute Gasteiger partial charge is 0.319 e. The van der Waals surface area contributed by atoms with Crippen molar-refractivity contribution in [3.8, 4) is 12.1 Å². The van der Waals surface area contributed by atoms with Crippen molar-refractivity contribution < 1.29 is 14.6 Å². The second kappa shape index (κ2) is 9.92. The third kappa shape index (κ3) is 5.08. The van der Waals surface area contributed by atoms with Crippen molar-refractivity contribution in [2.24, 2.45) is 11.8 Å². The van der Waals surface area contributed by atoms with Crippen molar-refractivity contribution in [3.05, 3.63) is 47.8 Å². The van der Waals surface area contributed by atoms with Crippen LogP contribution in [0.15, 0.2) is 36.5 Å². The van der Waals surface area contributed by atoms with Gasteiger partial charge in [-0.25, -0.2) is 0 Å². The summed E-state index contributed by atoms with van der Waals surface area (Å²) >= 11 is 0. The number of para-hydroxylation sites is 1. The van der Waals surface area contributed by atoms with Crippen LogP contribution in [0.2, 0.25) is 0 Å². The van der Waals surface area contributed by atoms with Gasteiger partial charge in [0.25, 0.3) is 5.91 Å². The normalized spacial score (nSPS) is 20.9. The average molecular weight is 475 g/mol. The number of anilines is 1. The topological polar surface area (TPSA) is 127 Å². The van der Waals surface area contributed by atoms with E-state index in [1.807, 2.05) is 6.07 Å². The Hall–Kier alpha value is -3.64. The fourth-order valence-corrected chi connectivity index (χ4v) is 4.72. The van der Waals surface area contributed by atoms with Crippen LogP contribution in [0.25, 0.3) is 10.9 Å². The molecular formula is C26H30N6O3. The van der Waals surface area contributed by atoms with Gasteiger partial charge in [0.1, 0.15) is 11.5 Å². The monoisotopic (exact) mass is 474 g/mol. The van der Waals surface area contributed by atoms with E-state index in [-0.39, 0.29) is 42.1 Å². The minimum absolute atomic E-state index is 0.0231. The highest BCUT2D eigenvalue weighted by atomic mass is 16.5. The number of rotatable bonds is 8. The van der Waals surface area contributed by atoms with E-state index in [2.05, 4.69) is 55.6 Å². The number of nitrogens with zero attached hydrogens (tertiary/aromatic N) is 4. The third-order valence-corrected chi connectivity index (χ3v) is 6.97. The molecule has 2 aliphatic rings. The summed E-state index contributed by atoms with van der Waals surface area (Å²) in [6.07, 6.45) is 4.88. The maximum absolute atomic E-state index is 12.7. The van der Waals surface area contributed by atoms with Crippen molar-refractivity contribution in [1.29, 1.82) is 5.26 Å². The molecule has 0 bridgehead atoms. The lowest BCUT2D eigenvalue weighted by Gasteiger charge is -2.33. The number of benzene rings is 1. The molecule has 1 unspecified atom stereocenters. The summed E-state index contributed by atoms with van der Waals surface area (Å²) in [5.74, 6) is 0.934. The van der Waals surface area contributed by atoms with Crippen molar-refractivity contribution in [2.75, 3.05) is 31.2 Å². The van der Waals surface area contributed by atoms with E-state index >= 15 is 0 Å². The Kier molecular flexibility index (Phi) is 6.55. The number of carbonyl (C=O) groups is 1. The molecule has 3 heterocycles. The lowest BCUT2D eigenvalue weighted by molar-refractivity contribution is 0.0915. The molecule has 0 radical (unpaired) electrons. The first kappa shape index (κ1) is 23.1. The molecule has 1 saturated carbocycles. The van der Waals surface area contributed by atoms with Gasteiger partial charge in [-0.2, -0.15) is 15.2 Å². The first-order valence-electron chi connectivity index (χ1n) is 12.2. The molecule has 1 amide bonds. The molecule has 5 rings (SSSR count). The van der Waals surface area contributed by atoms with Crippen molar-refractivity contribution in [3.63, 3.8) is 0 Å². The second-order valence-corrected chi connectivity index (χ2v) is 9.54. The van der Waals surface area contributed by atoms with Gasteiger partial charge in [0.15, 0.2) is 0 Å². The molecule has 1 aliphatic carbocycles. The summed E-state index contributed by atoms with van der Waals surface area (Å²) in [5.41, 5.74) is 2.71. The number of aliphatic hydroxyl groups is 1. The molecular weight excluding hydrogens is 444 g/mol. The Labute approximate surface area is 204 Å². The zero-order valence-electron chi connectivity index (χ0n) is 19.8. The van der Waals surface area contributed by atoms with Gasteiger partial charge in [0.05, 0.1) is 25.2 Å². The Morgan fingerprint density at radius 2 is 2.14 bits per heavy atom. The molecule has 9 heteroatoms. The SMILES string of the molecule is C[C@H](CO)NC(=O)c1cc(N2CCC(c3c[nH]c4ccccc34)CC2)nc(OC[C@H]2CC2C#N)n1. The number of nitriles is 1. The number of carbonyl (C=O) groups excluding carboxylic acids is 1. The van der Waals surface area contributed by atoms with Crippen LogP contribution in [0.4, 0.5) is 5.82 Å². The maximum atomic E-state index is 12.7. The summed E-state index contributed by atoms with van der Waals surface area (Å²) in [6.45, 7) is 3.52. The standard InChI is InChI=1S/C26H30N6O3/c1-16(14-33)29-25(34)23-11-24(31-26(30-23)35-15-19-10-18(19)12-27)32-8-6-17(7-9-32)21-13-28-22-5-3-2-4-20(21)22/h2-5,11,13,16-19,28,33H,6-10,14-15H2,1H3,(H,29,34)/t16-,18?,19-/m1/s1. The summed E-state index contributed by atoms with van der Waals surface area (Å²) in [7, 11) is 0. The largest absolute Gasteiger partial charge is 0.463 e. The minimum atomic E-state index is -0.389. The predicted octanol–water partition coefficient (Wildman–Crippen LogP) is 2.99. The fraction of sp³-hybridized carbons (Fsp3) is 0.462. The summed E-state index contributed by atoms with van der Waals surface area (Å²) < 4.78 is 5.81. The second-order valence-electron chi connectivity index (χ2n) is 9.54. The lowest BCUT2D eigenvalue weighted by atomic mass is 9.89. The number of H-pyrrole nitrogens is 1. The molecule has 1 saturated heterocycles. The number of nitrogens with one attached hydrogen (secondary N) is 2. The number of aromatic nitrogens is 3. The number of amides is 1. The number of ether oxygens (including phenoxy) is 1. The number of hydrogen-bond donors (Lipinski definition) is 3. The van der Waals surface area contributed by atoms with Gasteiger partial charge in [0.2, 0.25) is 0 Å². The summed E-state index contributed by atoms with van der Waals surface area (Å²) in [5, 5.41) is 22.4. The molecule has 2 fully saturated rings. The van der Waals surface area contributed by atoms with Gasteiger partial charge in [0, 0.05) is 48.2 Å². The number of piperidine rings is 1. The van der Waals surface area contributed by atoms with E-state index < -0.39 is 0 Å². The number of hydrogen-bond acceptors (Lipinski definition) is 7. The van der Waals surface area contributed by atoms with E-state index in [9.17, 15) is 9.90 Å². The highest BCUT2D eigenvalue weighted by Crippen LogP contribution is 2.38. The van der Waals surface area contributed by atoms with E-state index in [1.54, 1.807) is 13.0 Å². The van der Waals surface area contributed by atoms with Gasteiger partial charge >= 0.3 is 6.01 Å². The van der Waals surface area contributed by atoms with E-state index in [0.29, 0.717) is 18.3 Å². The van der Waals surface area contributed by atoms with Crippen LogP contribution in [-0.4, -0.2) is 58.3 Å². The van der Waals surface area contributed by atoms with Crippen LogP contribution in [0.5, 0.6) is 6.01 Å². The zero-order chi connectivity index (χ0) is 24.4. The first-order chi connectivity index (χ1) is 17.1. The molecule has 1 aromatic carbocycles. The molecule has 3 aromatic rings. The van der Waals surface area contributed by atoms with Gasteiger partial charge in [-0.05, 0) is 43.7 Å². The average Bonchev–Trinajstić information content (AvgIpc) is 3.54. The third-order valence-electron chi connectivity index (χ3n) is 6.97. The molecule has 182 valence electrons. The molecule has 0 spiro atoms. The Morgan fingerprint density at radius 3 is 2.89 bits per heavy atom. The van der Waals surface area contributed by atoms with Crippen LogP contribution < -0.4 is 15.0 Å². The summed E-state index contributed by atoms with van der Waals surface area (Å²) in [4.78, 5) is 27.2. The lowest BCUT2D eigenvalue weighted by Crippen LogP contribution is -2.36. The fourth-order valence-electron chi connectivity index (χ4n) is 4.72. The van der Waals surface area contributed by atoms with Gasteiger partial charge in [-0.15, -0.1) is 0 Å². The zero-order valence-corrected chi connectivity index (χ0v) is 19.8. The molecule has 3 N–H and O–H groups in total. The molecule has 35 heavy (non-hydrogen) atoms. The summed E-state index contributed by atoms with van der Waals surface area (Å²) in [6, 6.07) is 12.1. The van der Waals surface area contributed by atoms with Crippen LogP contribution in [0.1, 0.15) is 48.2 Å². The molecule has 2 aromatic heterocycles. The highest BCUT2D eigenvalue weighted by molar-refractivity contribution is 5.93. The Bertz CT molecular complexity index is 1240. The highest BCUT2D eigenvalue weighted by Gasteiger charge is 2.38. The quantitative estimate of drug-likeness (QED) is 0.458. The Morgan fingerprint density at radius 1 is 1.34 bits per heavy atom. The number of fused-ring (bicyclic) bond motifs is 1. The van der Waals surface area contributed by atoms with Crippen LogP contribution >= 0.6 is 0 Å². The van der Waals surface area contributed by atoms with Crippen LogP contribution in [0, 0.1) is 23.2 Å². The van der Waals surface area contributed by atoms with E-state index in [4.69, 9.17) is 10.00 Å². The van der Waals surface area contributed by atoms with Crippen molar-refractivity contribution >= 4 is 22.6 Å². The van der Waals surface area contributed by atoms with Crippen molar-refractivity contribution in [2.45, 2.75) is 38.1 Å².